The fourth-order valence-corrected chi connectivity index (χ4v) is 8.16. The van der Waals surface area contributed by atoms with Gasteiger partial charge in [0.15, 0.2) is 0 Å². The van der Waals surface area contributed by atoms with E-state index in [1.807, 2.05) is 20.8 Å². The molecule has 4 unspecified atom stereocenters. The molecule has 1 aromatic rings. The molecular formula is C41H60F2N6O9. The number of halogens is 2. The number of benzene rings is 1. The van der Waals surface area contributed by atoms with Crippen LogP contribution in [0.3, 0.4) is 0 Å². The van der Waals surface area contributed by atoms with Crippen LogP contribution in [0.4, 0.5) is 8.78 Å². The molecule has 2 saturated carbocycles. The van der Waals surface area contributed by atoms with E-state index in [1.165, 1.54) is 18.1 Å². The largest absolute Gasteiger partial charge is 0.497 e. The molecule has 0 bridgehead atoms. The van der Waals surface area contributed by atoms with Crippen molar-refractivity contribution in [1.29, 1.82) is 0 Å². The third kappa shape index (κ3) is 12.4. The number of amides is 6. The van der Waals surface area contributed by atoms with Gasteiger partial charge in [0.25, 0.3) is 5.91 Å². The zero-order valence-corrected chi connectivity index (χ0v) is 34.2. The highest BCUT2D eigenvalue weighted by molar-refractivity contribution is 6.38. The van der Waals surface area contributed by atoms with Crippen molar-refractivity contribution in [3.8, 4) is 5.75 Å². The first-order chi connectivity index (χ1) is 27.4. The molecule has 6 N–H and O–H groups in total. The highest BCUT2D eigenvalue weighted by atomic mass is 19.1. The van der Waals surface area contributed by atoms with Gasteiger partial charge < -0.3 is 41.4 Å². The standard InChI is InChI=1S/C41H60F2N6O9/c1-6-12-29(35(51)39(55)45-21-31(50)47-33(36(44)52)24-15-10-16-25(19-24)57-5)46-37(53)30-20-26(58-41(2,3)4)22-49(30)40(56)34(23-13-8-7-9-14-23)48-38(54)32-27(42)17-11-18-28(32)43/h10,15-16,19,23,26-30,32-34H,6-9,11-14,17-18,20-22H2,1-5H3,(H2,44,52)(H,45,55)(H,46,53)(H,47,50)(H,48,54)/t26-,27?,28?,29?,30+,32?,33?,34+/m1/s1. The Labute approximate surface area is 338 Å². The Bertz CT molecular complexity index is 1640. The van der Waals surface area contributed by atoms with E-state index in [0.29, 0.717) is 37.0 Å². The number of rotatable bonds is 17. The molecule has 58 heavy (non-hydrogen) atoms. The molecule has 4 rings (SSSR count). The average Bonchev–Trinajstić information content (AvgIpc) is 3.60. The molecule has 0 spiro atoms. The van der Waals surface area contributed by atoms with Crippen LogP contribution in [0.15, 0.2) is 24.3 Å². The number of nitrogens with one attached hydrogen (secondary N) is 4. The van der Waals surface area contributed by atoms with Crippen LogP contribution in [0.5, 0.6) is 5.75 Å². The summed E-state index contributed by atoms with van der Waals surface area (Å²) in [6, 6.07) is 1.39. The number of alkyl halides is 2. The van der Waals surface area contributed by atoms with E-state index in [-0.39, 0.29) is 38.1 Å². The quantitative estimate of drug-likeness (QED) is 0.146. The Balaban J connectivity index is 1.49. The minimum atomic E-state index is -1.69. The van der Waals surface area contributed by atoms with Gasteiger partial charge in [-0.1, -0.05) is 44.7 Å². The molecule has 6 amide bonds. The molecule has 7 atom stereocenters. The normalized spacial score (nSPS) is 24.1. The molecule has 3 fully saturated rings. The van der Waals surface area contributed by atoms with Gasteiger partial charge in [-0.15, -0.1) is 0 Å². The van der Waals surface area contributed by atoms with E-state index in [4.69, 9.17) is 15.2 Å². The van der Waals surface area contributed by atoms with E-state index in [1.54, 1.807) is 25.1 Å². The minimum Gasteiger partial charge on any atom is -0.497 e. The van der Waals surface area contributed by atoms with Crippen LogP contribution in [0.1, 0.15) is 110 Å². The highest BCUT2D eigenvalue weighted by Gasteiger charge is 2.47. The minimum absolute atomic E-state index is 0.0295. The number of Topliss-reactive ketones (excluding diaryl/α,β-unsaturated/α-hetero) is 1. The summed E-state index contributed by atoms with van der Waals surface area (Å²) >= 11 is 0. The number of carbonyl (C=O) groups excluding carboxylic acids is 7. The summed E-state index contributed by atoms with van der Waals surface area (Å²) < 4.78 is 41.2. The molecular weight excluding hydrogens is 758 g/mol. The second kappa shape index (κ2) is 20.8. The van der Waals surface area contributed by atoms with Gasteiger partial charge in [-0.25, -0.2) is 8.78 Å². The van der Waals surface area contributed by atoms with Gasteiger partial charge >= 0.3 is 0 Å². The van der Waals surface area contributed by atoms with Gasteiger partial charge in [0, 0.05) is 13.0 Å². The summed E-state index contributed by atoms with van der Waals surface area (Å²) in [5.41, 5.74) is 5.19. The number of ether oxygens (including phenoxy) is 2. The molecule has 1 saturated heterocycles. The zero-order valence-electron chi connectivity index (χ0n) is 34.2. The van der Waals surface area contributed by atoms with Crippen molar-refractivity contribution in [2.24, 2.45) is 17.6 Å². The van der Waals surface area contributed by atoms with E-state index < -0.39 is 102 Å². The predicted molar refractivity (Wildman–Crippen MR) is 208 cm³/mol. The van der Waals surface area contributed by atoms with Crippen LogP contribution in [0, 0.1) is 11.8 Å². The molecule has 0 aromatic heterocycles. The van der Waals surface area contributed by atoms with Crippen LogP contribution in [0.2, 0.25) is 0 Å². The predicted octanol–water partition coefficient (Wildman–Crippen LogP) is 2.63. The van der Waals surface area contributed by atoms with E-state index in [2.05, 4.69) is 21.3 Å². The van der Waals surface area contributed by atoms with Gasteiger partial charge in [-0.2, -0.15) is 0 Å². The van der Waals surface area contributed by atoms with Crippen molar-refractivity contribution < 1.29 is 51.8 Å². The van der Waals surface area contributed by atoms with Gasteiger partial charge in [0.2, 0.25) is 35.3 Å². The third-order valence-electron chi connectivity index (χ3n) is 11.0. The van der Waals surface area contributed by atoms with Crippen molar-refractivity contribution in [3.63, 3.8) is 0 Å². The van der Waals surface area contributed by atoms with Gasteiger partial charge in [-0.05, 0) is 82.9 Å². The maximum absolute atomic E-state index is 14.9. The van der Waals surface area contributed by atoms with Crippen molar-refractivity contribution in [2.45, 2.75) is 147 Å². The fourth-order valence-electron chi connectivity index (χ4n) is 8.16. The number of likely N-dealkylation sites (tertiary alicyclic amines) is 1. The maximum atomic E-state index is 14.9. The van der Waals surface area contributed by atoms with Crippen molar-refractivity contribution in [2.75, 3.05) is 20.2 Å². The zero-order chi connectivity index (χ0) is 42.7. The molecule has 3 aliphatic rings. The second-order valence-electron chi connectivity index (χ2n) is 16.5. The summed E-state index contributed by atoms with van der Waals surface area (Å²) in [7, 11) is 1.43. The van der Waals surface area contributed by atoms with Gasteiger partial charge in [-0.3, -0.25) is 33.6 Å². The molecule has 1 heterocycles. The third-order valence-corrected chi connectivity index (χ3v) is 11.0. The number of carbonyl (C=O) groups is 7. The van der Waals surface area contributed by atoms with Crippen molar-refractivity contribution in [1.82, 2.24) is 26.2 Å². The number of methoxy groups -OCH3 is 1. The fraction of sp³-hybridized carbons (Fsp3) is 0.683. The molecule has 0 radical (unpaired) electrons. The molecule has 322 valence electrons. The lowest BCUT2D eigenvalue weighted by Gasteiger charge is -2.36. The Hall–Kier alpha value is -4.67. The van der Waals surface area contributed by atoms with Crippen molar-refractivity contribution in [3.05, 3.63) is 29.8 Å². The number of primary amides is 1. The van der Waals surface area contributed by atoms with Crippen LogP contribution < -0.4 is 31.7 Å². The maximum Gasteiger partial charge on any atom is 0.290 e. The molecule has 15 nitrogen and oxygen atoms in total. The Kier molecular flexibility index (Phi) is 16.5. The lowest BCUT2D eigenvalue weighted by molar-refractivity contribution is -0.146. The average molecular weight is 819 g/mol. The lowest BCUT2D eigenvalue weighted by atomic mass is 9.81. The van der Waals surface area contributed by atoms with Crippen LogP contribution >= 0.6 is 0 Å². The Morgan fingerprint density at radius 3 is 2.19 bits per heavy atom. The second-order valence-corrected chi connectivity index (χ2v) is 16.5. The summed E-state index contributed by atoms with van der Waals surface area (Å²) in [4.78, 5) is 95.0. The lowest BCUT2D eigenvalue weighted by Crippen LogP contribution is -2.59. The van der Waals surface area contributed by atoms with E-state index >= 15 is 0 Å². The topological polar surface area (TPSA) is 215 Å². The van der Waals surface area contributed by atoms with Crippen molar-refractivity contribution >= 4 is 41.2 Å². The number of nitrogens with zero attached hydrogens (tertiary/aromatic N) is 1. The smallest absolute Gasteiger partial charge is 0.290 e. The first kappa shape index (κ1) is 46.0. The van der Waals surface area contributed by atoms with E-state index in [9.17, 15) is 42.3 Å². The number of ketones is 1. The van der Waals surface area contributed by atoms with Crippen LogP contribution in [0.25, 0.3) is 0 Å². The highest BCUT2D eigenvalue weighted by Crippen LogP contribution is 2.34. The van der Waals surface area contributed by atoms with Crippen LogP contribution in [-0.4, -0.2) is 108 Å². The SMILES string of the molecule is CCCC(NC(=O)[C@@H]1C[C@@H](OC(C)(C)C)CN1C(=O)[C@@H](NC(=O)C1C(F)CCCC1F)C1CCCCC1)C(=O)C(=O)NCC(=O)NC(C(N)=O)c1cccc(OC)c1. The van der Waals surface area contributed by atoms with Gasteiger partial charge in [0.05, 0.1) is 31.4 Å². The summed E-state index contributed by atoms with van der Waals surface area (Å²) in [6.07, 6.45) is 0.582. The molecule has 2 aliphatic carbocycles. The molecule has 1 aromatic carbocycles. The first-order valence-electron chi connectivity index (χ1n) is 20.4. The summed E-state index contributed by atoms with van der Waals surface area (Å²) in [5, 5.41) is 10.0. The number of hydrogen-bond acceptors (Lipinski definition) is 9. The Morgan fingerprint density at radius 2 is 1.59 bits per heavy atom. The summed E-state index contributed by atoms with van der Waals surface area (Å²) in [5.74, 6) is -7.55. The van der Waals surface area contributed by atoms with E-state index in [0.717, 1.165) is 19.3 Å². The monoisotopic (exact) mass is 818 g/mol. The summed E-state index contributed by atoms with van der Waals surface area (Å²) in [6.45, 7) is 6.49. The molecule has 17 heteroatoms. The van der Waals surface area contributed by atoms with Crippen LogP contribution in [-0.2, 0) is 38.3 Å². The first-order valence-corrected chi connectivity index (χ1v) is 20.4. The number of hydrogen-bond donors (Lipinski definition) is 5. The number of nitrogens with two attached hydrogens (primary N) is 1. The molecule has 1 aliphatic heterocycles. The van der Waals surface area contributed by atoms with Gasteiger partial charge in [0.1, 0.15) is 42.1 Å². The Morgan fingerprint density at radius 1 is 0.914 bits per heavy atom.